The molecule has 0 bridgehead atoms. The Morgan fingerprint density at radius 3 is 2.28 bits per heavy atom. The summed E-state index contributed by atoms with van der Waals surface area (Å²) in [6, 6.07) is 18.2. The van der Waals surface area contributed by atoms with Gasteiger partial charge >= 0.3 is 6.18 Å². The number of fused-ring (bicyclic) bond motifs is 1. The van der Waals surface area contributed by atoms with Crippen molar-refractivity contribution < 1.29 is 35.9 Å². The summed E-state index contributed by atoms with van der Waals surface area (Å²) < 4.78 is 78.0. The number of nitrogens with one attached hydrogen (secondary N) is 1. The summed E-state index contributed by atoms with van der Waals surface area (Å²) in [4.78, 5) is 18.5. The molecule has 1 heterocycles. The number of ether oxygens (including phenoxy) is 2. The van der Waals surface area contributed by atoms with Gasteiger partial charge in [0.25, 0.3) is 0 Å². The number of halogens is 3. The van der Waals surface area contributed by atoms with E-state index in [0.717, 1.165) is 32.9 Å². The van der Waals surface area contributed by atoms with E-state index < -0.39 is 34.2 Å². The average Bonchev–Trinajstić information content (AvgIpc) is 3.41. The maximum atomic E-state index is 13.8. The van der Waals surface area contributed by atoms with Crippen molar-refractivity contribution in [1.82, 2.24) is 14.2 Å². The molecule has 4 rings (SSSR count). The van der Waals surface area contributed by atoms with Gasteiger partial charge in [0.2, 0.25) is 15.9 Å². The molecule has 0 spiro atoms. The maximum Gasteiger partial charge on any atom is 0.416 e. The number of aromatic amines is 1. The van der Waals surface area contributed by atoms with Gasteiger partial charge in [0.15, 0.2) is 0 Å². The largest absolute Gasteiger partial charge is 0.497 e. The Kier molecular flexibility index (Phi) is 10.5. The number of rotatable bonds is 14. The number of sulfonamides is 1. The molecule has 0 fully saturated rings. The smallest absolute Gasteiger partial charge is 0.416 e. The van der Waals surface area contributed by atoms with E-state index in [1.807, 2.05) is 30.5 Å². The summed E-state index contributed by atoms with van der Waals surface area (Å²) in [6.45, 7) is 0.0970. The summed E-state index contributed by atoms with van der Waals surface area (Å²) >= 11 is 0. The van der Waals surface area contributed by atoms with Gasteiger partial charge in [-0.3, -0.25) is 4.79 Å². The molecule has 0 aliphatic carbocycles. The quantitative estimate of drug-likeness (QED) is 0.189. The van der Waals surface area contributed by atoms with Gasteiger partial charge in [-0.05, 0) is 66.4 Å². The van der Waals surface area contributed by atoms with Crippen LogP contribution in [-0.2, 0) is 38.7 Å². The number of aromatic nitrogens is 1. The van der Waals surface area contributed by atoms with E-state index in [4.69, 9.17) is 9.47 Å². The third-order valence-electron chi connectivity index (χ3n) is 7.10. The predicted octanol–water partition coefficient (Wildman–Crippen LogP) is 5.49. The predicted molar refractivity (Wildman–Crippen MR) is 157 cm³/mol. The molecule has 0 radical (unpaired) electrons. The van der Waals surface area contributed by atoms with E-state index in [1.54, 1.807) is 0 Å². The highest BCUT2D eigenvalue weighted by atomic mass is 32.2. The summed E-state index contributed by atoms with van der Waals surface area (Å²) in [5.41, 5.74) is 1.60. The first-order valence-electron chi connectivity index (χ1n) is 13.6. The highest BCUT2D eigenvalue weighted by Gasteiger charge is 2.31. The number of alkyl halides is 3. The minimum atomic E-state index is -4.48. The Hall–Kier alpha value is -3.87. The molecule has 3 aromatic carbocycles. The van der Waals surface area contributed by atoms with Crippen molar-refractivity contribution in [3.63, 3.8) is 0 Å². The second kappa shape index (κ2) is 14.1. The van der Waals surface area contributed by atoms with E-state index in [2.05, 4.69) is 4.98 Å². The highest BCUT2D eigenvalue weighted by Crippen LogP contribution is 2.29. The number of benzene rings is 3. The summed E-state index contributed by atoms with van der Waals surface area (Å²) in [7, 11) is -1.10. The van der Waals surface area contributed by atoms with Gasteiger partial charge in [0.05, 0.1) is 24.1 Å². The van der Waals surface area contributed by atoms with Crippen LogP contribution in [0.5, 0.6) is 5.75 Å². The summed E-state index contributed by atoms with van der Waals surface area (Å²) in [5, 5.41) is 0.993. The monoisotopic (exact) mass is 617 g/mol. The SMILES string of the molecule is COCCCN(CC(=O)N(CCc1c[nH]c2ccccc12)Cc1ccc(C(F)(F)F)cc1)S(=O)(=O)c1ccc(OC)cc1. The zero-order valence-electron chi connectivity index (χ0n) is 23.9. The topological polar surface area (TPSA) is 91.9 Å². The molecular formula is C31H34F3N3O5S. The summed E-state index contributed by atoms with van der Waals surface area (Å²) in [5.74, 6) is 0.00944. The van der Waals surface area contributed by atoms with Crippen LogP contribution >= 0.6 is 0 Å². The number of para-hydroxylation sites is 1. The molecule has 0 aliphatic heterocycles. The third-order valence-corrected chi connectivity index (χ3v) is 8.96. The zero-order valence-corrected chi connectivity index (χ0v) is 24.7. The van der Waals surface area contributed by atoms with Crippen LogP contribution < -0.4 is 4.74 Å². The van der Waals surface area contributed by atoms with Crippen molar-refractivity contribution >= 4 is 26.8 Å². The van der Waals surface area contributed by atoms with Crippen LogP contribution in [0, 0.1) is 0 Å². The Labute approximate surface area is 249 Å². The number of amides is 1. The molecule has 8 nitrogen and oxygen atoms in total. The molecule has 4 aromatic rings. The molecule has 12 heteroatoms. The molecule has 230 valence electrons. The van der Waals surface area contributed by atoms with Crippen molar-refractivity contribution in [2.75, 3.05) is 40.5 Å². The number of hydrogen-bond donors (Lipinski definition) is 1. The fourth-order valence-corrected chi connectivity index (χ4v) is 6.15. The lowest BCUT2D eigenvalue weighted by Crippen LogP contribution is -2.43. The lowest BCUT2D eigenvalue weighted by Gasteiger charge is -2.28. The molecule has 0 atom stereocenters. The van der Waals surface area contributed by atoms with E-state index in [1.165, 1.54) is 55.5 Å². The third kappa shape index (κ3) is 8.15. The minimum absolute atomic E-state index is 0.00611. The van der Waals surface area contributed by atoms with Gasteiger partial charge in [0, 0.05) is 50.5 Å². The van der Waals surface area contributed by atoms with Crippen LogP contribution in [-0.4, -0.2) is 69.0 Å². The zero-order chi connectivity index (χ0) is 31.0. The number of carbonyl (C=O) groups is 1. The second-order valence-electron chi connectivity index (χ2n) is 9.98. The summed E-state index contributed by atoms with van der Waals surface area (Å²) in [6.07, 6.45) is -1.82. The van der Waals surface area contributed by atoms with E-state index in [-0.39, 0.29) is 24.5 Å². The van der Waals surface area contributed by atoms with Crippen molar-refractivity contribution in [2.24, 2.45) is 0 Å². The standard InChI is InChI=1S/C31H34F3N3O5S/c1-41-19-5-17-37(43(39,40)27-14-12-26(42-2)13-15-27)22-30(38)36(21-23-8-10-25(11-9-23)31(32,33)34)18-16-24-20-35-29-7-4-3-6-28(24)29/h3-4,6-15,20,35H,5,16-19,21-22H2,1-2H3. The molecule has 0 aliphatic rings. The normalized spacial score (nSPS) is 12.1. The number of methoxy groups -OCH3 is 2. The molecule has 1 amide bonds. The Bertz CT molecular complexity index is 1600. The molecule has 1 aromatic heterocycles. The van der Waals surface area contributed by atoms with Gasteiger partial charge in [0.1, 0.15) is 5.75 Å². The van der Waals surface area contributed by atoms with Crippen molar-refractivity contribution in [3.05, 3.63) is 95.7 Å². The van der Waals surface area contributed by atoms with Gasteiger partial charge in [-0.15, -0.1) is 0 Å². The van der Waals surface area contributed by atoms with Crippen LogP contribution in [0.15, 0.2) is 83.9 Å². The number of hydrogen-bond acceptors (Lipinski definition) is 5. The molecule has 0 saturated heterocycles. The Balaban J connectivity index is 1.60. The second-order valence-corrected chi connectivity index (χ2v) is 11.9. The van der Waals surface area contributed by atoms with Crippen molar-refractivity contribution in [1.29, 1.82) is 0 Å². The Morgan fingerprint density at radius 2 is 1.63 bits per heavy atom. The lowest BCUT2D eigenvalue weighted by molar-refractivity contribution is -0.137. The van der Waals surface area contributed by atoms with Gasteiger partial charge in [-0.1, -0.05) is 30.3 Å². The number of nitrogens with zero attached hydrogens (tertiary/aromatic N) is 2. The first kappa shape index (κ1) is 32.1. The van der Waals surface area contributed by atoms with Crippen molar-refractivity contribution in [2.45, 2.75) is 30.5 Å². The van der Waals surface area contributed by atoms with Gasteiger partial charge in [-0.2, -0.15) is 17.5 Å². The fourth-order valence-electron chi connectivity index (χ4n) is 4.72. The fraction of sp³-hybridized carbons (Fsp3) is 0.323. The highest BCUT2D eigenvalue weighted by molar-refractivity contribution is 7.89. The molecule has 0 saturated carbocycles. The van der Waals surface area contributed by atoms with Crippen LogP contribution in [0.3, 0.4) is 0 Å². The van der Waals surface area contributed by atoms with E-state index >= 15 is 0 Å². The van der Waals surface area contributed by atoms with Crippen LogP contribution in [0.1, 0.15) is 23.1 Å². The van der Waals surface area contributed by atoms with E-state index in [9.17, 15) is 26.4 Å². The van der Waals surface area contributed by atoms with Gasteiger partial charge < -0.3 is 19.4 Å². The first-order chi connectivity index (χ1) is 20.5. The molecular weight excluding hydrogens is 583 g/mol. The Morgan fingerprint density at radius 1 is 0.930 bits per heavy atom. The first-order valence-corrected chi connectivity index (χ1v) is 15.1. The molecule has 1 N–H and O–H groups in total. The number of carbonyl (C=O) groups excluding carboxylic acids is 1. The van der Waals surface area contributed by atoms with Crippen LogP contribution in [0.2, 0.25) is 0 Å². The van der Waals surface area contributed by atoms with Crippen molar-refractivity contribution in [3.8, 4) is 5.75 Å². The van der Waals surface area contributed by atoms with Gasteiger partial charge in [-0.25, -0.2) is 8.42 Å². The molecule has 43 heavy (non-hydrogen) atoms. The number of H-pyrrole nitrogens is 1. The van der Waals surface area contributed by atoms with E-state index in [0.29, 0.717) is 30.8 Å². The van der Waals surface area contributed by atoms with Crippen LogP contribution in [0.25, 0.3) is 10.9 Å². The minimum Gasteiger partial charge on any atom is -0.497 e. The maximum absolute atomic E-state index is 13.8. The molecule has 0 unspecified atom stereocenters. The lowest BCUT2D eigenvalue weighted by atomic mass is 10.1. The average molecular weight is 618 g/mol. The van der Waals surface area contributed by atoms with Crippen LogP contribution in [0.4, 0.5) is 13.2 Å².